The van der Waals surface area contributed by atoms with Gasteiger partial charge in [0.2, 0.25) is 0 Å². The number of benzene rings is 9. The van der Waals surface area contributed by atoms with Crippen LogP contribution in [0.3, 0.4) is 0 Å². The maximum Gasteiger partial charge on any atom is 0.143 e. The average molecular weight is 719 g/mol. The van der Waals surface area contributed by atoms with Gasteiger partial charge in [-0.2, -0.15) is 0 Å². The van der Waals surface area contributed by atoms with E-state index in [2.05, 4.69) is 0 Å². The van der Waals surface area contributed by atoms with Crippen LogP contribution in [0.15, 0.2) is 209 Å². The highest BCUT2D eigenvalue weighted by Crippen LogP contribution is 2.44. The van der Waals surface area contributed by atoms with Crippen molar-refractivity contribution in [1.29, 1.82) is 0 Å². The van der Waals surface area contributed by atoms with E-state index in [1.807, 2.05) is 102 Å². The molecule has 0 aliphatic heterocycles. The highest BCUT2D eigenvalue weighted by molar-refractivity contribution is 6.22. The van der Waals surface area contributed by atoms with E-state index in [9.17, 15) is 9.60 Å². The van der Waals surface area contributed by atoms with Crippen molar-refractivity contribution in [2.75, 3.05) is 4.90 Å². The van der Waals surface area contributed by atoms with E-state index >= 15 is 0 Å². The Labute approximate surface area is 339 Å². The summed E-state index contributed by atoms with van der Waals surface area (Å²) in [6.07, 6.45) is 0. The van der Waals surface area contributed by atoms with Crippen LogP contribution in [-0.4, -0.2) is 0 Å². The molecule has 3 nitrogen and oxygen atoms in total. The molecule has 0 N–H and O–H groups in total. The zero-order valence-corrected chi connectivity index (χ0v) is 28.7. The van der Waals surface area contributed by atoms with Crippen LogP contribution in [0.25, 0.3) is 88.0 Å². The molecule has 0 fully saturated rings. The second kappa shape index (κ2) is 12.6. The molecule has 0 radical (unpaired) electrons. The fourth-order valence-electron chi connectivity index (χ4n) is 7.19. The van der Waals surface area contributed by atoms with E-state index in [4.69, 9.17) is 19.8 Å². The smallest absolute Gasteiger partial charge is 0.143 e. The van der Waals surface area contributed by atoms with E-state index in [1.54, 1.807) is 12.1 Å². The molecule has 0 aliphatic rings. The van der Waals surface area contributed by atoms with Gasteiger partial charge in [0, 0.05) is 44.0 Å². The SMILES string of the molecule is [2H]c1c([2H])c([2H])c2c(oc3c([2H])c(-c4c([2H])c5c(oc6c([2H])c([2H])c([2H])c(-c7ccc(N(c8ccccc8)c8ccc(-c9ccccc9)cc8)cc7)c65)c5c([2H])c([2H])c([2H])c([2H])c45)c([2H])c([2H])c32)c1[2H]. The third-order valence-corrected chi connectivity index (χ3v) is 9.73. The van der Waals surface area contributed by atoms with Gasteiger partial charge in [0.15, 0.2) is 0 Å². The van der Waals surface area contributed by atoms with Crippen molar-refractivity contribution in [2.45, 2.75) is 0 Å². The Morgan fingerprint density at radius 3 is 1.73 bits per heavy atom. The zero-order chi connectivity index (χ0) is 49.3. The molecule has 2 heterocycles. The molecule has 0 saturated carbocycles. The van der Waals surface area contributed by atoms with Crippen molar-refractivity contribution in [3.8, 4) is 33.4 Å². The van der Waals surface area contributed by atoms with Gasteiger partial charge in [-0.25, -0.2) is 0 Å². The Hall–Kier alpha value is -7.36. The van der Waals surface area contributed by atoms with Crippen molar-refractivity contribution in [3.63, 3.8) is 0 Å². The maximum atomic E-state index is 10.0. The molecule has 0 bridgehead atoms. The number of nitrogens with zero attached hydrogens (tertiary/aromatic N) is 1. The van der Waals surface area contributed by atoms with Crippen molar-refractivity contribution in [2.24, 2.45) is 0 Å². The fraction of sp³-hybridized carbons (Fsp3) is 0. The van der Waals surface area contributed by atoms with E-state index < -0.39 is 107 Å². The van der Waals surface area contributed by atoms with Crippen LogP contribution in [0, 0.1) is 0 Å². The minimum Gasteiger partial charge on any atom is -0.456 e. The molecule has 9 aromatic carbocycles. The second-order valence-electron chi connectivity index (χ2n) is 12.9. The highest BCUT2D eigenvalue weighted by atomic mass is 16.3. The Balaban J connectivity index is 1.19. The molecule has 11 aromatic rings. The molecule has 0 saturated heterocycles. The van der Waals surface area contributed by atoms with Gasteiger partial charge in [-0.3, -0.25) is 0 Å². The van der Waals surface area contributed by atoms with Crippen LogP contribution in [0.5, 0.6) is 0 Å². The third-order valence-electron chi connectivity index (χ3n) is 9.73. The molecule has 55 heavy (non-hydrogen) atoms. The van der Waals surface area contributed by atoms with E-state index in [0.717, 1.165) is 28.2 Å². The lowest BCUT2D eigenvalue weighted by atomic mass is 9.93. The van der Waals surface area contributed by atoms with E-state index in [-0.39, 0.29) is 54.6 Å². The Morgan fingerprint density at radius 2 is 0.964 bits per heavy atom. The number of para-hydroxylation sites is 2. The topological polar surface area (TPSA) is 29.5 Å². The largest absolute Gasteiger partial charge is 0.456 e. The van der Waals surface area contributed by atoms with Crippen molar-refractivity contribution in [3.05, 3.63) is 200 Å². The lowest BCUT2D eigenvalue weighted by molar-refractivity contribution is 0.669. The molecular weight excluding hydrogens is 671 g/mol. The molecule has 0 amide bonds. The average Bonchev–Trinajstić information content (AvgIpc) is 3.98. The van der Waals surface area contributed by atoms with Crippen molar-refractivity contribution < 1.29 is 29.4 Å². The summed E-state index contributed by atoms with van der Waals surface area (Å²) in [6.45, 7) is 0. The molecule has 3 heteroatoms. The standard InChI is InChI=1S/C52H33NO2/c1-3-12-34(13-4-1)35-22-27-39(28-23-35)53(38-14-5-2-6-15-38)40-29-24-36(25-30-40)41-19-11-21-49-51(41)47-33-46(42-16-7-8-18-45(42)52(47)55-49)37-26-31-44-43-17-9-10-20-48(43)54-50(44)32-37/h1-33H/i7D,8D,9D,10D,11D,16D,17D,18D,19D,20D,21D,26D,31D,32D,33D. The molecule has 0 unspecified atom stereocenters. The van der Waals surface area contributed by atoms with Gasteiger partial charge in [0.25, 0.3) is 0 Å². The Morgan fingerprint density at radius 1 is 0.364 bits per heavy atom. The molecular formula is C52H33NO2. The summed E-state index contributed by atoms with van der Waals surface area (Å²) in [4.78, 5) is 2.04. The fourth-order valence-corrected chi connectivity index (χ4v) is 7.19. The van der Waals surface area contributed by atoms with Crippen molar-refractivity contribution in [1.82, 2.24) is 0 Å². The van der Waals surface area contributed by atoms with Gasteiger partial charge >= 0.3 is 0 Å². The van der Waals surface area contributed by atoms with Crippen LogP contribution >= 0.6 is 0 Å². The van der Waals surface area contributed by atoms with Crippen LogP contribution in [0.2, 0.25) is 0 Å². The van der Waals surface area contributed by atoms with Crippen LogP contribution < -0.4 is 4.90 Å². The summed E-state index contributed by atoms with van der Waals surface area (Å²) in [7, 11) is 0. The molecule has 11 rings (SSSR count). The summed E-state index contributed by atoms with van der Waals surface area (Å²) >= 11 is 0. The van der Waals surface area contributed by atoms with E-state index in [1.165, 1.54) is 0 Å². The number of furan rings is 2. The highest BCUT2D eigenvalue weighted by Gasteiger charge is 2.19. The van der Waals surface area contributed by atoms with Crippen LogP contribution in [0.1, 0.15) is 20.6 Å². The number of hydrogen-bond donors (Lipinski definition) is 0. The summed E-state index contributed by atoms with van der Waals surface area (Å²) in [5.41, 5.74) is 2.78. The lowest BCUT2D eigenvalue weighted by Crippen LogP contribution is -2.09. The predicted octanol–water partition coefficient (Wildman–Crippen LogP) is 15.1. The molecule has 258 valence electrons. The summed E-state index contributed by atoms with van der Waals surface area (Å²) < 4.78 is 147. The summed E-state index contributed by atoms with van der Waals surface area (Å²) in [5.74, 6) is 0. The van der Waals surface area contributed by atoms with Crippen LogP contribution in [0.4, 0.5) is 17.1 Å². The predicted molar refractivity (Wildman–Crippen MR) is 229 cm³/mol. The third kappa shape index (κ3) is 5.20. The van der Waals surface area contributed by atoms with Gasteiger partial charge in [-0.1, -0.05) is 133 Å². The Bertz CT molecular complexity index is 4040. The van der Waals surface area contributed by atoms with Gasteiger partial charge in [-0.15, -0.1) is 0 Å². The lowest BCUT2D eigenvalue weighted by Gasteiger charge is -2.26. The molecule has 0 aliphatic carbocycles. The Kier molecular flexibility index (Phi) is 4.52. The van der Waals surface area contributed by atoms with Gasteiger partial charge < -0.3 is 13.7 Å². The molecule has 2 aromatic heterocycles. The first kappa shape index (κ1) is 19.6. The monoisotopic (exact) mass is 718 g/mol. The first-order valence-corrected chi connectivity index (χ1v) is 17.5. The minimum atomic E-state index is -0.716. The van der Waals surface area contributed by atoms with Crippen LogP contribution in [-0.2, 0) is 0 Å². The molecule has 0 atom stereocenters. The number of hydrogen-bond acceptors (Lipinski definition) is 3. The quantitative estimate of drug-likeness (QED) is 0.171. The van der Waals surface area contributed by atoms with Crippen molar-refractivity contribution >= 4 is 71.7 Å². The number of fused-ring (bicyclic) bond motifs is 8. The molecule has 0 spiro atoms. The minimum absolute atomic E-state index is 0.0108. The van der Waals surface area contributed by atoms with Gasteiger partial charge in [0.1, 0.15) is 22.3 Å². The first-order chi connectivity index (χ1) is 33.5. The van der Waals surface area contributed by atoms with Gasteiger partial charge in [-0.05, 0) is 105 Å². The summed E-state index contributed by atoms with van der Waals surface area (Å²) in [5, 5.41) is -1.28. The summed E-state index contributed by atoms with van der Waals surface area (Å²) in [6, 6.07) is 25.9. The normalized spacial score (nSPS) is 15.5. The first-order valence-electron chi connectivity index (χ1n) is 25.0. The second-order valence-corrected chi connectivity index (χ2v) is 12.9. The van der Waals surface area contributed by atoms with E-state index in [0.29, 0.717) is 5.56 Å². The number of anilines is 3. The van der Waals surface area contributed by atoms with Gasteiger partial charge in [0.05, 0.1) is 20.6 Å². The number of rotatable bonds is 6. The zero-order valence-electron chi connectivity index (χ0n) is 43.7. The maximum absolute atomic E-state index is 10.0.